The highest BCUT2D eigenvalue weighted by atomic mass is 15.2. The van der Waals surface area contributed by atoms with E-state index in [0.29, 0.717) is 0 Å². The Labute approximate surface area is 216 Å². The maximum Gasteiger partial charge on any atom is 0.269 e. The molecule has 0 atom stereocenters. The second-order valence-electron chi connectivity index (χ2n) is 9.20. The highest BCUT2D eigenvalue weighted by Crippen LogP contribution is 2.35. The van der Waals surface area contributed by atoms with Crippen molar-refractivity contribution in [3.05, 3.63) is 152 Å². The van der Waals surface area contributed by atoms with Gasteiger partial charge in [0.1, 0.15) is 0 Å². The van der Waals surface area contributed by atoms with Crippen molar-refractivity contribution in [2.24, 2.45) is 0 Å². The molecule has 7 aromatic rings. The van der Waals surface area contributed by atoms with Crippen LogP contribution in [0.1, 0.15) is 0 Å². The van der Waals surface area contributed by atoms with Gasteiger partial charge < -0.3 is 0 Å². The number of hydrogen-bond acceptors (Lipinski definition) is 0. The van der Waals surface area contributed by atoms with Crippen LogP contribution in [0.5, 0.6) is 0 Å². The van der Waals surface area contributed by atoms with Crippen LogP contribution in [-0.4, -0.2) is 4.57 Å². The van der Waals surface area contributed by atoms with Crippen LogP contribution in [0.2, 0.25) is 0 Å². The number of benzene rings is 6. The van der Waals surface area contributed by atoms with Crippen LogP contribution in [0.4, 0.5) is 0 Å². The molecular weight excluding hydrogens is 448 g/mol. The molecule has 0 spiro atoms. The van der Waals surface area contributed by atoms with Gasteiger partial charge in [0.2, 0.25) is 0 Å². The second-order valence-corrected chi connectivity index (χ2v) is 9.20. The van der Waals surface area contributed by atoms with Crippen LogP contribution >= 0.6 is 0 Å². The number of aromatic nitrogens is 2. The van der Waals surface area contributed by atoms with Crippen LogP contribution in [0.3, 0.4) is 0 Å². The Hall–Kier alpha value is -4.95. The number of rotatable bonds is 4. The molecule has 1 heterocycles. The summed E-state index contributed by atoms with van der Waals surface area (Å²) in [5.74, 6) is 0. The van der Waals surface area contributed by atoms with E-state index in [2.05, 4.69) is 161 Å². The fraction of sp³-hybridized carbons (Fsp3) is 0. The van der Waals surface area contributed by atoms with Crippen molar-refractivity contribution in [3.63, 3.8) is 0 Å². The van der Waals surface area contributed by atoms with E-state index in [1.165, 1.54) is 21.5 Å². The maximum absolute atomic E-state index is 3.80. The van der Waals surface area contributed by atoms with Crippen LogP contribution in [-0.2, 0) is 0 Å². The zero-order valence-corrected chi connectivity index (χ0v) is 20.3. The third-order valence-electron chi connectivity index (χ3n) is 6.98. The molecule has 0 aliphatic carbocycles. The molecule has 6 aromatic carbocycles. The first-order chi connectivity index (χ1) is 18.4. The lowest BCUT2D eigenvalue weighted by Gasteiger charge is -2.14. The van der Waals surface area contributed by atoms with Gasteiger partial charge in [0, 0.05) is 0 Å². The van der Waals surface area contributed by atoms with Crippen molar-refractivity contribution in [1.29, 1.82) is 0 Å². The van der Waals surface area contributed by atoms with Gasteiger partial charge in [-0.3, -0.25) is 9.13 Å². The number of hydrogen-bond donors (Lipinski definition) is 0. The van der Waals surface area contributed by atoms with E-state index in [0.717, 1.165) is 33.9 Å². The van der Waals surface area contributed by atoms with Crippen LogP contribution in [0, 0.1) is 6.33 Å². The van der Waals surface area contributed by atoms with Crippen molar-refractivity contribution >= 4 is 21.5 Å². The summed E-state index contributed by atoms with van der Waals surface area (Å²) in [4.78, 5) is 0. The van der Waals surface area contributed by atoms with Gasteiger partial charge in [-0.1, -0.05) is 133 Å². The van der Waals surface area contributed by atoms with Crippen LogP contribution in [0.25, 0.3) is 55.4 Å². The van der Waals surface area contributed by atoms with E-state index in [1.807, 2.05) is 0 Å². The lowest BCUT2D eigenvalue weighted by molar-refractivity contribution is -0.586. The Morgan fingerprint density at radius 2 is 1.00 bits per heavy atom. The number of fused-ring (bicyclic) bond motifs is 2. The van der Waals surface area contributed by atoms with Crippen LogP contribution in [0.15, 0.2) is 146 Å². The SMILES string of the molecule is [c-]1n(-c2cccc3ccccc23)c(-c2ccccc2)c(-c2ccccc2)[n+]1-c1cccc2ccccc12. The van der Waals surface area contributed by atoms with Crippen molar-refractivity contribution in [3.8, 4) is 33.9 Å². The summed E-state index contributed by atoms with van der Waals surface area (Å²) in [6, 6.07) is 51.4. The molecule has 0 aliphatic heterocycles. The van der Waals surface area contributed by atoms with Gasteiger partial charge in [-0.25, -0.2) is 0 Å². The zero-order chi connectivity index (χ0) is 24.6. The van der Waals surface area contributed by atoms with Crippen molar-refractivity contribution in [2.45, 2.75) is 0 Å². The Bertz CT molecular complexity index is 1720. The van der Waals surface area contributed by atoms with Gasteiger partial charge in [0.25, 0.3) is 6.33 Å². The molecule has 2 heteroatoms. The van der Waals surface area contributed by atoms with Gasteiger partial charge in [-0.2, -0.15) is 0 Å². The predicted molar refractivity (Wildman–Crippen MR) is 152 cm³/mol. The summed E-state index contributed by atoms with van der Waals surface area (Å²) in [6.07, 6.45) is 3.80. The number of imidazole rings is 1. The van der Waals surface area contributed by atoms with Crippen molar-refractivity contribution < 1.29 is 4.57 Å². The molecule has 37 heavy (non-hydrogen) atoms. The molecule has 0 bridgehead atoms. The molecule has 0 aliphatic rings. The molecular formula is C35H24N2. The Morgan fingerprint density at radius 1 is 0.459 bits per heavy atom. The molecule has 0 saturated carbocycles. The molecule has 0 amide bonds. The van der Waals surface area contributed by atoms with Gasteiger partial charge in [0.15, 0.2) is 0 Å². The molecule has 0 N–H and O–H groups in total. The Balaban J connectivity index is 1.65. The topological polar surface area (TPSA) is 8.81 Å². The quantitative estimate of drug-likeness (QED) is 0.180. The molecule has 7 rings (SSSR count). The minimum absolute atomic E-state index is 1.10. The summed E-state index contributed by atoms with van der Waals surface area (Å²) in [6.45, 7) is 0. The molecule has 0 unspecified atom stereocenters. The standard InChI is InChI=1S/C35H24N2/c1-3-15-28(16-4-1)34-35(29-17-5-2-6-18-29)37(33-24-12-20-27-14-8-10-22-31(27)33)25-36(34)32-23-11-19-26-13-7-9-21-30(26)32/h1-24H. The van der Waals surface area contributed by atoms with Gasteiger partial charge in [0.05, 0.1) is 22.8 Å². The summed E-state index contributed by atoms with van der Waals surface area (Å²) < 4.78 is 4.48. The largest absolute Gasteiger partial charge is 0.291 e. The lowest BCUT2D eigenvalue weighted by atomic mass is 10.0. The highest BCUT2D eigenvalue weighted by Gasteiger charge is 2.23. The average Bonchev–Trinajstić information content (AvgIpc) is 3.38. The molecule has 0 radical (unpaired) electrons. The van der Waals surface area contributed by atoms with E-state index in [-0.39, 0.29) is 0 Å². The highest BCUT2D eigenvalue weighted by molar-refractivity contribution is 5.92. The first kappa shape index (κ1) is 21.3. The molecule has 0 saturated heterocycles. The molecule has 0 fully saturated rings. The van der Waals surface area contributed by atoms with Crippen molar-refractivity contribution in [1.82, 2.24) is 4.57 Å². The van der Waals surface area contributed by atoms with Gasteiger partial charge >= 0.3 is 0 Å². The average molecular weight is 473 g/mol. The van der Waals surface area contributed by atoms with E-state index in [4.69, 9.17) is 0 Å². The second kappa shape index (κ2) is 8.92. The number of nitrogens with zero attached hydrogens (tertiary/aromatic N) is 2. The van der Waals surface area contributed by atoms with E-state index in [1.54, 1.807) is 0 Å². The van der Waals surface area contributed by atoms with E-state index >= 15 is 0 Å². The van der Waals surface area contributed by atoms with Crippen LogP contribution < -0.4 is 4.57 Å². The summed E-state index contributed by atoms with van der Waals surface area (Å²) >= 11 is 0. The third kappa shape index (κ3) is 3.62. The van der Waals surface area contributed by atoms with Gasteiger partial charge in [-0.15, -0.1) is 0 Å². The first-order valence-electron chi connectivity index (χ1n) is 12.6. The van der Waals surface area contributed by atoms with E-state index < -0.39 is 0 Å². The minimum Gasteiger partial charge on any atom is -0.291 e. The lowest BCUT2D eigenvalue weighted by Crippen LogP contribution is -2.32. The summed E-state index contributed by atoms with van der Waals surface area (Å²) in [5.41, 5.74) is 6.71. The smallest absolute Gasteiger partial charge is 0.269 e. The van der Waals surface area contributed by atoms with Crippen molar-refractivity contribution in [2.75, 3.05) is 0 Å². The Kier molecular flexibility index (Phi) is 5.15. The Morgan fingerprint density at radius 3 is 1.73 bits per heavy atom. The normalized spacial score (nSPS) is 11.2. The fourth-order valence-electron chi connectivity index (χ4n) is 5.29. The predicted octanol–water partition coefficient (Wildman–Crippen LogP) is 8.19. The fourth-order valence-corrected chi connectivity index (χ4v) is 5.29. The molecule has 174 valence electrons. The zero-order valence-electron chi connectivity index (χ0n) is 20.3. The summed E-state index contributed by atoms with van der Waals surface area (Å²) in [7, 11) is 0. The monoisotopic (exact) mass is 472 g/mol. The van der Waals surface area contributed by atoms with Gasteiger partial charge in [-0.05, 0) is 44.8 Å². The maximum atomic E-state index is 3.80. The first-order valence-corrected chi connectivity index (χ1v) is 12.6. The third-order valence-corrected chi connectivity index (χ3v) is 6.98. The summed E-state index contributed by atoms with van der Waals surface area (Å²) in [5, 5.41) is 4.80. The molecule has 2 nitrogen and oxygen atoms in total. The molecule has 1 aromatic heterocycles. The van der Waals surface area contributed by atoms with E-state index in [9.17, 15) is 0 Å². The minimum atomic E-state index is 1.10.